The molecular formula is C13H14N2OS. The summed E-state index contributed by atoms with van der Waals surface area (Å²) in [7, 11) is 0. The molecule has 1 aliphatic heterocycles. The van der Waals surface area contributed by atoms with E-state index in [2.05, 4.69) is 33.6 Å². The van der Waals surface area contributed by atoms with Gasteiger partial charge in [-0.1, -0.05) is 6.07 Å². The summed E-state index contributed by atoms with van der Waals surface area (Å²) in [4.78, 5) is 5.41. The Hall–Kier alpha value is -1.10. The van der Waals surface area contributed by atoms with Crippen LogP contribution in [-0.2, 0) is 4.74 Å². The van der Waals surface area contributed by atoms with Crippen molar-refractivity contribution in [2.45, 2.75) is 4.90 Å². The number of pyridine rings is 1. The summed E-state index contributed by atoms with van der Waals surface area (Å²) >= 11 is 1.81. The monoisotopic (exact) mass is 246 g/mol. The zero-order chi connectivity index (χ0) is 11.5. The molecule has 0 radical (unpaired) electrons. The third-order valence-corrected chi connectivity index (χ3v) is 3.90. The molecule has 3 nitrogen and oxygen atoms in total. The zero-order valence-corrected chi connectivity index (χ0v) is 10.3. The molecule has 0 atom stereocenters. The fourth-order valence-corrected chi connectivity index (χ4v) is 2.84. The Morgan fingerprint density at radius 1 is 1.12 bits per heavy atom. The van der Waals surface area contributed by atoms with Crippen LogP contribution >= 0.6 is 11.9 Å². The molecule has 1 aromatic carbocycles. The second-order valence-corrected chi connectivity index (χ2v) is 5.19. The number of hydrogen-bond donors (Lipinski definition) is 0. The maximum absolute atomic E-state index is 5.34. The van der Waals surface area contributed by atoms with E-state index in [1.807, 2.05) is 24.3 Å². The van der Waals surface area contributed by atoms with Gasteiger partial charge in [-0.2, -0.15) is 0 Å². The van der Waals surface area contributed by atoms with Crippen LogP contribution in [0.15, 0.2) is 41.6 Å². The minimum Gasteiger partial charge on any atom is -0.379 e. The predicted molar refractivity (Wildman–Crippen MR) is 70.0 cm³/mol. The first-order valence-electron chi connectivity index (χ1n) is 5.76. The number of fused-ring (bicyclic) bond motifs is 1. The first-order valence-corrected chi connectivity index (χ1v) is 6.54. The Morgan fingerprint density at radius 2 is 2.00 bits per heavy atom. The molecule has 0 amide bonds. The quantitative estimate of drug-likeness (QED) is 0.761. The Labute approximate surface area is 105 Å². The van der Waals surface area contributed by atoms with Gasteiger partial charge in [-0.3, -0.25) is 4.98 Å². The molecule has 4 heteroatoms. The average Bonchev–Trinajstić information content (AvgIpc) is 2.40. The zero-order valence-electron chi connectivity index (χ0n) is 9.50. The van der Waals surface area contributed by atoms with Gasteiger partial charge in [0.1, 0.15) is 0 Å². The van der Waals surface area contributed by atoms with E-state index in [0.717, 1.165) is 26.3 Å². The second kappa shape index (κ2) is 5.04. The Morgan fingerprint density at radius 3 is 2.88 bits per heavy atom. The molecule has 0 aliphatic carbocycles. The highest BCUT2D eigenvalue weighted by molar-refractivity contribution is 7.97. The van der Waals surface area contributed by atoms with Crippen LogP contribution in [0, 0.1) is 0 Å². The molecule has 1 aliphatic rings. The van der Waals surface area contributed by atoms with Crippen LogP contribution in [0.5, 0.6) is 0 Å². The van der Waals surface area contributed by atoms with Crippen LogP contribution in [0.25, 0.3) is 10.8 Å². The van der Waals surface area contributed by atoms with Gasteiger partial charge in [0.15, 0.2) is 0 Å². The van der Waals surface area contributed by atoms with Gasteiger partial charge in [-0.25, -0.2) is 4.31 Å². The van der Waals surface area contributed by atoms with Crippen molar-refractivity contribution < 1.29 is 4.74 Å². The lowest BCUT2D eigenvalue weighted by atomic mass is 10.2. The van der Waals surface area contributed by atoms with Gasteiger partial charge in [0, 0.05) is 35.8 Å². The normalized spacial score (nSPS) is 17.4. The summed E-state index contributed by atoms with van der Waals surface area (Å²) < 4.78 is 7.70. The lowest BCUT2D eigenvalue weighted by molar-refractivity contribution is 0.0773. The van der Waals surface area contributed by atoms with Crippen molar-refractivity contribution >= 4 is 22.7 Å². The SMILES string of the molecule is c1cc2cc(SN3CCOCC3)ccc2cn1. The molecule has 2 aromatic rings. The summed E-state index contributed by atoms with van der Waals surface area (Å²) in [6, 6.07) is 8.56. The van der Waals surface area contributed by atoms with Crippen molar-refractivity contribution in [1.82, 2.24) is 9.29 Å². The molecule has 0 unspecified atom stereocenters. The molecule has 88 valence electrons. The molecule has 0 spiro atoms. The minimum atomic E-state index is 0.838. The second-order valence-electron chi connectivity index (χ2n) is 4.02. The van der Waals surface area contributed by atoms with Gasteiger partial charge in [0.2, 0.25) is 0 Å². The van der Waals surface area contributed by atoms with Crippen LogP contribution in [0.4, 0.5) is 0 Å². The molecular weight excluding hydrogens is 232 g/mol. The van der Waals surface area contributed by atoms with Gasteiger partial charge >= 0.3 is 0 Å². The lowest BCUT2D eigenvalue weighted by Gasteiger charge is -2.25. The number of hydrogen-bond acceptors (Lipinski definition) is 4. The number of morpholine rings is 1. The summed E-state index contributed by atoms with van der Waals surface area (Å²) in [5, 5.41) is 2.44. The Bertz CT molecular complexity index is 512. The molecule has 0 N–H and O–H groups in total. The summed E-state index contributed by atoms with van der Waals surface area (Å²) in [6.07, 6.45) is 3.74. The molecule has 3 rings (SSSR count). The fraction of sp³-hybridized carbons (Fsp3) is 0.308. The molecule has 2 heterocycles. The van der Waals surface area contributed by atoms with Gasteiger partial charge < -0.3 is 4.74 Å². The molecule has 0 saturated carbocycles. The highest BCUT2D eigenvalue weighted by atomic mass is 32.2. The molecule has 1 saturated heterocycles. The molecule has 0 bridgehead atoms. The van der Waals surface area contributed by atoms with E-state index in [-0.39, 0.29) is 0 Å². The van der Waals surface area contributed by atoms with Crippen molar-refractivity contribution in [2.75, 3.05) is 26.3 Å². The lowest BCUT2D eigenvalue weighted by Crippen LogP contribution is -2.30. The molecule has 17 heavy (non-hydrogen) atoms. The molecule has 1 fully saturated rings. The maximum Gasteiger partial charge on any atom is 0.0603 e. The minimum absolute atomic E-state index is 0.838. The third-order valence-electron chi connectivity index (χ3n) is 2.82. The van der Waals surface area contributed by atoms with E-state index in [0.29, 0.717) is 0 Å². The first-order chi connectivity index (χ1) is 8.42. The van der Waals surface area contributed by atoms with Crippen LogP contribution < -0.4 is 0 Å². The number of benzene rings is 1. The summed E-state index contributed by atoms with van der Waals surface area (Å²) in [6.45, 7) is 3.67. The van der Waals surface area contributed by atoms with Crippen molar-refractivity contribution in [3.63, 3.8) is 0 Å². The average molecular weight is 246 g/mol. The van der Waals surface area contributed by atoms with Crippen molar-refractivity contribution in [2.24, 2.45) is 0 Å². The highest BCUT2D eigenvalue weighted by Crippen LogP contribution is 2.26. The molecule has 1 aromatic heterocycles. The fourth-order valence-electron chi connectivity index (χ4n) is 1.91. The topological polar surface area (TPSA) is 25.4 Å². The predicted octanol–water partition coefficient (Wildman–Crippen LogP) is 2.57. The largest absolute Gasteiger partial charge is 0.379 e. The van der Waals surface area contributed by atoms with E-state index >= 15 is 0 Å². The van der Waals surface area contributed by atoms with E-state index in [1.54, 1.807) is 0 Å². The number of aromatic nitrogens is 1. The van der Waals surface area contributed by atoms with Crippen molar-refractivity contribution in [3.05, 3.63) is 36.7 Å². The van der Waals surface area contributed by atoms with E-state index in [4.69, 9.17) is 4.74 Å². The van der Waals surface area contributed by atoms with E-state index in [1.165, 1.54) is 15.7 Å². The first kappa shape index (κ1) is 11.0. The number of ether oxygens (including phenoxy) is 1. The van der Waals surface area contributed by atoms with Crippen LogP contribution in [0.3, 0.4) is 0 Å². The third kappa shape index (κ3) is 2.60. The van der Waals surface area contributed by atoms with Gasteiger partial charge in [0.25, 0.3) is 0 Å². The summed E-state index contributed by atoms with van der Waals surface area (Å²) in [5.74, 6) is 0. The Kier molecular flexibility index (Phi) is 3.27. The van der Waals surface area contributed by atoms with Crippen molar-refractivity contribution in [1.29, 1.82) is 0 Å². The van der Waals surface area contributed by atoms with Gasteiger partial charge in [-0.15, -0.1) is 0 Å². The van der Waals surface area contributed by atoms with Crippen LogP contribution in [0.1, 0.15) is 0 Å². The number of nitrogens with zero attached hydrogens (tertiary/aromatic N) is 2. The van der Waals surface area contributed by atoms with Gasteiger partial charge in [0.05, 0.1) is 13.2 Å². The van der Waals surface area contributed by atoms with E-state index in [9.17, 15) is 0 Å². The van der Waals surface area contributed by atoms with Crippen LogP contribution in [0.2, 0.25) is 0 Å². The smallest absolute Gasteiger partial charge is 0.0603 e. The van der Waals surface area contributed by atoms with Crippen molar-refractivity contribution in [3.8, 4) is 0 Å². The highest BCUT2D eigenvalue weighted by Gasteiger charge is 2.11. The van der Waals surface area contributed by atoms with E-state index < -0.39 is 0 Å². The van der Waals surface area contributed by atoms with Gasteiger partial charge in [-0.05, 0) is 35.5 Å². The maximum atomic E-state index is 5.34. The van der Waals surface area contributed by atoms with Crippen LogP contribution in [-0.4, -0.2) is 35.6 Å². The number of rotatable bonds is 2. The standard InChI is InChI=1S/C13H14N2OS/c1-2-13(17-15-5-7-16-8-6-15)9-11-3-4-14-10-12(1)11/h1-4,9-10H,5-8H2. The summed E-state index contributed by atoms with van der Waals surface area (Å²) in [5.41, 5.74) is 0. The Balaban J connectivity index is 1.80.